The summed E-state index contributed by atoms with van der Waals surface area (Å²) in [6.07, 6.45) is 2.76. The molecule has 3 rings (SSSR count). The van der Waals surface area contributed by atoms with Crippen LogP contribution in [0.3, 0.4) is 0 Å². The molecular weight excluding hydrogens is 340 g/mol. The fraction of sp³-hybridized carbons (Fsp3) is 0.409. The van der Waals surface area contributed by atoms with E-state index in [2.05, 4.69) is 29.3 Å². The maximum Gasteiger partial charge on any atom is 0.228 e. The van der Waals surface area contributed by atoms with Crippen molar-refractivity contribution in [2.75, 3.05) is 37.5 Å². The van der Waals surface area contributed by atoms with Gasteiger partial charge < -0.3 is 19.7 Å². The highest BCUT2D eigenvalue weighted by molar-refractivity contribution is 5.92. The molecule has 0 atom stereocenters. The Labute approximate surface area is 161 Å². The predicted octanol–water partition coefficient (Wildman–Crippen LogP) is 4.12. The minimum Gasteiger partial charge on any atom is -0.493 e. The summed E-state index contributed by atoms with van der Waals surface area (Å²) in [6, 6.07) is 13.6. The molecule has 1 fully saturated rings. The number of amides is 1. The smallest absolute Gasteiger partial charge is 0.228 e. The van der Waals surface area contributed by atoms with Gasteiger partial charge in [0.15, 0.2) is 11.5 Å². The van der Waals surface area contributed by atoms with E-state index in [-0.39, 0.29) is 12.3 Å². The zero-order chi connectivity index (χ0) is 19.2. The molecule has 0 spiro atoms. The number of carbonyl (C=O) groups excluding carboxylic acids is 1. The minimum absolute atomic E-state index is 0.0539. The number of carbonyl (C=O) groups is 1. The van der Waals surface area contributed by atoms with Crippen molar-refractivity contribution in [2.45, 2.75) is 26.2 Å². The molecule has 27 heavy (non-hydrogen) atoms. The van der Waals surface area contributed by atoms with Gasteiger partial charge in [0.05, 0.1) is 20.6 Å². The van der Waals surface area contributed by atoms with Crippen LogP contribution in [0.4, 0.5) is 11.4 Å². The third-order valence-corrected chi connectivity index (χ3v) is 5.11. The maximum atomic E-state index is 12.4. The zero-order valence-electron chi connectivity index (χ0n) is 16.3. The largest absolute Gasteiger partial charge is 0.493 e. The highest BCUT2D eigenvalue weighted by atomic mass is 16.5. The molecule has 1 saturated heterocycles. The van der Waals surface area contributed by atoms with Crippen molar-refractivity contribution >= 4 is 17.3 Å². The quantitative estimate of drug-likeness (QED) is 0.833. The fourth-order valence-electron chi connectivity index (χ4n) is 3.40. The average Bonchev–Trinajstić information content (AvgIpc) is 2.69. The summed E-state index contributed by atoms with van der Waals surface area (Å²) in [5, 5.41) is 2.96. The van der Waals surface area contributed by atoms with Gasteiger partial charge in [0.25, 0.3) is 0 Å². The van der Waals surface area contributed by atoms with E-state index in [1.54, 1.807) is 14.2 Å². The third-order valence-electron chi connectivity index (χ3n) is 5.11. The number of anilines is 2. The van der Waals surface area contributed by atoms with Gasteiger partial charge in [0.1, 0.15) is 0 Å². The number of piperidine rings is 1. The van der Waals surface area contributed by atoms with E-state index in [1.807, 2.05) is 30.3 Å². The average molecular weight is 368 g/mol. The molecule has 144 valence electrons. The van der Waals surface area contributed by atoms with E-state index in [0.717, 1.165) is 30.3 Å². The molecule has 1 heterocycles. The molecule has 0 radical (unpaired) electrons. The number of hydrogen-bond donors (Lipinski definition) is 1. The van der Waals surface area contributed by atoms with Gasteiger partial charge in [0, 0.05) is 24.5 Å². The summed E-state index contributed by atoms with van der Waals surface area (Å²) >= 11 is 0. The Morgan fingerprint density at radius 1 is 1.04 bits per heavy atom. The van der Waals surface area contributed by atoms with E-state index in [0.29, 0.717) is 11.5 Å². The summed E-state index contributed by atoms with van der Waals surface area (Å²) in [5.74, 6) is 2.05. The molecule has 2 aromatic carbocycles. The van der Waals surface area contributed by atoms with Crippen LogP contribution in [0.5, 0.6) is 11.5 Å². The van der Waals surface area contributed by atoms with Gasteiger partial charge in [-0.2, -0.15) is 0 Å². The SMILES string of the molecule is COc1ccc(CC(=O)Nc2ccc(N3CCC(C)CC3)cc2)cc1OC. The summed E-state index contributed by atoms with van der Waals surface area (Å²) in [6.45, 7) is 4.52. The monoisotopic (exact) mass is 368 g/mol. The number of rotatable bonds is 6. The summed E-state index contributed by atoms with van der Waals surface area (Å²) in [7, 11) is 3.19. The molecule has 0 bridgehead atoms. The second kappa shape index (κ2) is 8.80. The molecule has 5 heteroatoms. The zero-order valence-corrected chi connectivity index (χ0v) is 16.3. The fourth-order valence-corrected chi connectivity index (χ4v) is 3.40. The first kappa shape index (κ1) is 19.1. The van der Waals surface area contributed by atoms with Gasteiger partial charge in [-0.05, 0) is 60.7 Å². The van der Waals surface area contributed by atoms with E-state index in [1.165, 1.54) is 18.5 Å². The van der Waals surface area contributed by atoms with E-state index in [4.69, 9.17) is 9.47 Å². The number of benzene rings is 2. The Balaban J connectivity index is 1.58. The van der Waals surface area contributed by atoms with E-state index >= 15 is 0 Å². The first-order valence-electron chi connectivity index (χ1n) is 9.45. The Bertz CT molecular complexity index is 766. The molecule has 1 amide bonds. The second-order valence-corrected chi connectivity index (χ2v) is 7.13. The number of methoxy groups -OCH3 is 2. The van der Waals surface area contributed by atoms with E-state index in [9.17, 15) is 4.79 Å². The van der Waals surface area contributed by atoms with Crippen molar-refractivity contribution < 1.29 is 14.3 Å². The lowest BCUT2D eigenvalue weighted by atomic mass is 9.99. The molecule has 0 aromatic heterocycles. The topological polar surface area (TPSA) is 50.8 Å². The van der Waals surface area contributed by atoms with Crippen LogP contribution in [0.15, 0.2) is 42.5 Å². The molecule has 2 aromatic rings. The first-order chi connectivity index (χ1) is 13.1. The number of nitrogens with zero attached hydrogens (tertiary/aromatic N) is 1. The lowest BCUT2D eigenvalue weighted by Crippen LogP contribution is -2.32. The second-order valence-electron chi connectivity index (χ2n) is 7.13. The Morgan fingerprint density at radius 2 is 1.70 bits per heavy atom. The Kier molecular flexibility index (Phi) is 6.22. The van der Waals surface area contributed by atoms with Gasteiger partial charge >= 0.3 is 0 Å². The Morgan fingerprint density at radius 3 is 2.33 bits per heavy atom. The highest BCUT2D eigenvalue weighted by Gasteiger charge is 2.16. The van der Waals surface area contributed by atoms with Crippen molar-refractivity contribution in [3.05, 3.63) is 48.0 Å². The van der Waals surface area contributed by atoms with Crippen LogP contribution >= 0.6 is 0 Å². The molecule has 1 aliphatic heterocycles. The van der Waals surface area contributed by atoms with Crippen LogP contribution in [0.1, 0.15) is 25.3 Å². The normalized spacial score (nSPS) is 14.7. The van der Waals surface area contributed by atoms with Crippen LogP contribution in [0, 0.1) is 5.92 Å². The van der Waals surface area contributed by atoms with Crippen molar-refractivity contribution in [1.82, 2.24) is 0 Å². The molecule has 1 N–H and O–H groups in total. The number of hydrogen-bond acceptors (Lipinski definition) is 4. The van der Waals surface area contributed by atoms with Crippen molar-refractivity contribution in [1.29, 1.82) is 0 Å². The predicted molar refractivity (Wildman–Crippen MR) is 109 cm³/mol. The van der Waals surface area contributed by atoms with Gasteiger partial charge in [0.2, 0.25) is 5.91 Å². The van der Waals surface area contributed by atoms with Crippen LogP contribution in [0.2, 0.25) is 0 Å². The number of nitrogens with one attached hydrogen (secondary N) is 1. The van der Waals surface area contributed by atoms with Gasteiger partial charge in [-0.25, -0.2) is 0 Å². The third kappa shape index (κ3) is 4.94. The van der Waals surface area contributed by atoms with Crippen LogP contribution < -0.4 is 19.7 Å². The van der Waals surface area contributed by atoms with Gasteiger partial charge in [-0.1, -0.05) is 13.0 Å². The summed E-state index contributed by atoms with van der Waals surface area (Å²) < 4.78 is 10.5. The molecule has 0 aliphatic carbocycles. The molecule has 1 aliphatic rings. The van der Waals surface area contributed by atoms with Crippen molar-refractivity contribution in [3.8, 4) is 11.5 Å². The van der Waals surface area contributed by atoms with Crippen LogP contribution in [-0.4, -0.2) is 33.2 Å². The van der Waals surface area contributed by atoms with Crippen LogP contribution in [-0.2, 0) is 11.2 Å². The van der Waals surface area contributed by atoms with Crippen molar-refractivity contribution in [2.24, 2.45) is 5.92 Å². The maximum absolute atomic E-state index is 12.4. The standard InChI is InChI=1S/C22H28N2O3/c1-16-10-12-24(13-11-16)19-7-5-18(6-8-19)23-22(25)15-17-4-9-20(26-2)21(14-17)27-3/h4-9,14,16H,10-13,15H2,1-3H3,(H,23,25). The molecule has 0 saturated carbocycles. The van der Waals surface area contributed by atoms with Gasteiger partial charge in [-0.15, -0.1) is 0 Å². The molecular formula is C22H28N2O3. The highest BCUT2D eigenvalue weighted by Crippen LogP contribution is 2.28. The van der Waals surface area contributed by atoms with Crippen molar-refractivity contribution in [3.63, 3.8) is 0 Å². The van der Waals surface area contributed by atoms with E-state index < -0.39 is 0 Å². The number of ether oxygens (including phenoxy) is 2. The lowest BCUT2D eigenvalue weighted by molar-refractivity contribution is -0.115. The lowest BCUT2D eigenvalue weighted by Gasteiger charge is -2.32. The Hall–Kier alpha value is -2.69. The summed E-state index contributed by atoms with van der Waals surface area (Å²) in [4.78, 5) is 14.8. The molecule has 0 unspecified atom stereocenters. The molecule has 5 nitrogen and oxygen atoms in total. The summed E-state index contributed by atoms with van der Waals surface area (Å²) in [5.41, 5.74) is 2.92. The minimum atomic E-state index is -0.0539. The van der Waals surface area contributed by atoms with Gasteiger partial charge in [-0.3, -0.25) is 4.79 Å². The first-order valence-corrected chi connectivity index (χ1v) is 9.45. The van der Waals surface area contributed by atoms with Crippen LogP contribution in [0.25, 0.3) is 0 Å².